The van der Waals surface area contributed by atoms with Gasteiger partial charge in [0.2, 0.25) is 5.91 Å². The van der Waals surface area contributed by atoms with Crippen molar-refractivity contribution in [2.75, 3.05) is 26.2 Å². The van der Waals surface area contributed by atoms with Gasteiger partial charge >= 0.3 is 0 Å². The summed E-state index contributed by atoms with van der Waals surface area (Å²) in [5.41, 5.74) is 0.966. The molecule has 18 heavy (non-hydrogen) atoms. The lowest BCUT2D eigenvalue weighted by molar-refractivity contribution is -0.130. The van der Waals surface area contributed by atoms with Crippen molar-refractivity contribution in [2.45, 2.75) is 6.92 Å². The first kappa shape index (κ1) is 13.3. The second-order valence-electron chi connectivity index (χ2n) is 4.31. The topological polar surface area (TPSA) is 23.6 Å². The SMILES string of the molecule is CC(=O)N1CCN(C(=S)c2cccc(Cl)c2)CC1. The van der Waals surface area contributed by atoms with Gasteiger partial charge in [0.1, 0.15) is 4.99 Å². The number of hydrogen-bond donors (Lipinski definition) is 0. The first-order valence-electron chi connectivity index (χ1n) is 5.88. The highest BCUT2D eigenvalue weighted by Gasteiger charge is 2.20. The van der Waals surface area contributed by atoms with Crippen molar-refractivity contribution in [2.24, 2.45) is 0 Å². The van der Waals surface area contributed by atoms with Gasteiger partial charge in [-0.25, -0.2) is 0 Å². The molecule has 0 bridgehead atoms. The summed E-state index contributed by atoms with van der Waals surface area (Å²) >= 11 is 11.4. The van der Waals surface area contributed by atoms with Crippen LogP contribution in [0, 0.1) is 0 Å². The minimum absolute atomic E-state index is 0.128. The molecule has 0 spiro atoms. The van der Waals surface area contributed by atoms with Crippen LogP contribution in [-0.4, -0.2) is 46.9 Å². The van der Waals surface area contributed by atoms with Crippen LogP contribution in [0.4, 0.5) is 0 Å². The number of benzene rings is 1. The molecule has 1 aromatic rings. The quantitative estimate of drug-likeness (QED) is 0.738. The Morgan fingerprint density at radius 2 is 1.83 bits per heavy atom. The van der Waals surface area contributed by atoms with Crippen molar-refractivity contribution >= 4 is 34.7 Å². The second-order valence-corrected chi connectivity index (χ2v) is 5.13. The molecule has 0 radical (unpaired) electrons. The van der Waals surface area contributed by atoms with Crippen LogP contribution < -0.4 is 0 Å². The van der Waals surface area contributed by atoms with Gasteiger partial charge in [-0.15, -0.1) is 0 Å². The van der Waals surface area contributed by atoms with Gasteiger partial charge in [-0.1, -0.05) is 36.0 Å². The molecule has 0 N–H and O–H groups in total. The van der Waals surface area contributed by atoms with E-state index in [-0.39, 0.29) is 5.91 Å². The molecule has 0 atom stereocenters. The highest BCUT2D eigenvalue weighted by molar-refractivity contribution is 7.80. The predicted molar refractivity (Wildman–Crippen MR) is 77.0 cm³/mol. The predicted octanol–water partition coefficient (Wildman–Crippen LogP) is 2.18. The molecule has 1 amide bonds. The van der Waals surface area contributed by atoms with E-state index in [0.717, 1.165) is 36.7 Å². The van der Waals surface area contributed by atoms with Gasteiger partial charge < -0.3 is 9.80 Å². The summed E-state index contributed by atoms with van der Waals surface area (Å²) in [6.45, 7) is 4.63. The number of thiocarbonyl (C=S) groups is 1. The van der Waals surface area contributed by atoms with Crippen molar-refractivity contribution in [1.82, 2.24) is 9.80 Å². The van der Waals surface area contributed by atoms with Gasteiger partial charge in [-0.05, 0) is 12.1 Å². The Kier molecular flexibility index (Phi) is 4.19. The number of piperazine rings is 1. The van der Waals surface area contributed by atoms with Crippen LogP contribution in [0.2, 0.25) is 5.02 Å². The lowest BCUT2D eigenvalue weighted by Gasteiger charge is -2.35. The summed E-state index contributed by atoms with van der Waals surface area (Å²) in [7, 11) is 0. The van der Waals surface area contributed by atoms with Crippen molar-refractivity contribution in [3.05, 3.63) is 34.9 Å². The fourth-order valence-corrected chi connectivity index (χ4v) is 2.53. The Balaban J connectivity index is 2.02. The summed E-state index contributed by atoms with van der Waals surface area (Å²) in [6.07, 6.45) is 0. The zero-order valence-electron chi connectivity index (χ0n) is 10.2. The zero-order valence-corrected chi connectivity index (χ0v) is 11.8. The summed E-state index contributed by atoms with van der Waals surface area (Å²) in [5, 5.41) is 0.692. The van der Waals surface area contributed by atoms with Gasteiger partial charge in [0, 0.05) is 43.7 Å². The van der Waals surface area contributed by atoms with E-state index in [1.807, 2.05) is 29.2 Å². The largest absolute Gasteiger partial charge is 0.359 e. The van der Waals surface area contributed by atoms with E-state index in [2.05, 4.69) is 4.90 Å². The van der Waals surface area contributed by atoms with E-state index in [4.69, 9.17) is 23.8 Å². The zero-order chi connectivity index (χ0) is 13.1. The van der Waals surface area contributed by atoms with Gasteiger partial charge in [0.15, 0.2) is 0 Å². The van der Waals surface area contributed by atoms with Crippen LogP contribution in [0.25, 0.3) is 0 Å². The van der Waals surface area contributed by atoms with Gasteiger partial charge in [-0.3, -0.25) is 4.79 Å². The molecule has 1 saturated heterocycles. The molecule has 1 aliphatic rings. The van der Waals surface area contributed by atoms with Crippen LogP contribution in [0.3, 0.4) is 0 Å². The molecule has 1 aliphatic heterocycles. The molecule has 1 heterocycles. The number of nitrogens with zero attached hydrogens (tertiary/aromatic N) is 2. The maximum atomic E-state index is 11.2. The van der Waals surface area contributed by atoms with E-state index in [1.54, 1.807) is 6.92 Å². The second kappa shape index (κ2) is 5.67. The Morgan fingerprint density at radius 3 is 2.39 bits per heavy atom. The lowest BCUT2D eigenvalue weighted by atomic mass is 10.2. The summed E-state index contributed by atoms with van der Waals surface area (Å²) < 4.78 is 0. The van der Waals surface area contributed by atoms with E-state index >= 15 is 0 Å². The summed E-state index contributed by atoms with van der Waals surface area (Å²) in [5.74, 6) is 0.128. The molecule has 0 aliphatic carbocycles. The molecule has 96 valence electrons. The number of halogens is 1. The van der Waals surface area contributed by atoms with Crippen LogP contribution in [0.5, 0.6) is 0 Å². The Bertz CT molecular complexity index is 470. The summed E-state index contributed by atoms with van der Waals surface area (Å²) in [6, 6.07) is 7.57. The normalized spacial score (nSPS) is 15.7. The third-order valence-corrected chi connectivity index (χ3v) is 3.81. The number of hydrogen-bond acceptors (Lipinski definition) is 2. The van der Waals surface area contributed by atoms with E-state index in [1.165, 1.54) is 0 Å². The molecule has 0 aromatic heterocycles. The highest BCUT2D eigenvalue weighted by atomic mass is 35.5. The van der Waals surface area contributed by atoms with E-state index < -0.39 is 0 Å². The molecule has 5 heteroatoms. The molecule has 0 saturated carbocycles. The van der Waals surface area contributed by atoms with Crippen molar-refractivity contribution in [3.63, 3.8) is 0 Å². The smallest absolute Gasteiger partial charge is 0.219 e. The van der Waals surface area contributed by atoms with Crippen LogP contribution >= 0.6 is 23.8 Å². The number of rotatable bonds is 1. The fraction of sp³-hybridized carbons (Fsp3) is 0.385. The van der Waals surface area contributed by atoms with Crippen LogP contribution in [-0.2, 0) is 4.79 Å². The van der Waals surface area contributed by atoms with E-state index in [0.29, 0.717) is 5.02 Å². The minimum atomic E-state index is 0.128. The standard InChI is InChI=1S/C13H15ClN2OS/c1-10(17)15-5-7-16(8-6-15)13(18)11-3-2-4-12(14)9-11/h2-4,9H,5-8H2,1H3. The van der Waals surface area contributed by atoms with E-state index in [9.17, 15) is 4.79 Å². The fourth-order valence-electron chi connectivity index (χ4n) is 2.03. The maximum absolute atomic E-state index is 11.2. The van der Waals surface area contributed by atoms with Gasteiger partial charge in [0.25, 0.3) is 0 Å². The molecule has 3 nitrogen and oxygen atoms in total. The number of carbonyl (C=O) groups excluding carboxylic acids is 1. The molecule has 1 fully saturated rings. The maximum Gasteiger partial charge on any atom is 0.219 e. The minimum Gasteiger partial charge on any atom is -0.359 e. The van der Waals surface area contributed by atoms with Crippen molar-refractivity contribution in [1.29, 1.82) is 0 Å². The molecule has 0 unspecified atom stereocenters. The van der Waals surface area contributed by atoms with Gasteiger partial charge in [0.05, 0.1) is 0 Å². The van der Waals surface area contributed by atoms with Crippen LogP contribution in [0.1, 0.15) is 12.5 Å². The van der Waals surface area contributed by atoms with Crippen molar-refractivity contribution in [3.8, 4) is 0 Å². The average Bonchev–Trinajstić information content (AvgIpc) is 2.38. The Labute approximate surface area is 117 Å². The molecule has 1 aromatic carbocycles. The number of amides is 1. The van der Waals surface area contributed by atoms with Gasteiger partial charge in [-0.2, -0.15) is 0 Å². The van der Waals surface area contributed by atoms with Crippen LogP contribution in [0.15, 0.2) is 24.3 Å². The highest BCUT2D eigenvalue weighted by Crippen LogP contribution is 2.15. The van der Waals surface area contributed by atoms with Crippen molar-refractivity contribution < 1.29 is 4.79 Å². The third-order valence-electron chi connectivity index (χ3n) is 3.08. The first-order chi connectivity index (χ1) is 8.58. The average molecular weight is 283 g/mol. The molecular weight excluding hydrogens is 268 g/mol. The molecule has 2 rings (SSSR count). The number of carbonyl (C=O) groups is 1. The molecular formula is C13H15ClN2OS. The summed E-state index contributed by atoms with van der Waals surface area (Å²) in [4.78, 5) is 16.0. The Morgan fingerprint density at radius 1 is 1.22 bits per heavy atom. The monoisotopic (exact) mass is 282 g/mol. The third kappa shape index (κ3) is 3.00. The Hall–Kier alpha value is -1.13. The first-order valence-corrected chi connectivity index (χ1v) is 6.67. The lowest BCUT2D eigenvalue weighted by Crippen LogP contribution is -2.49.